The van der Waals surface area contributed by atoms with Crippen molar-refractivity contribution in [3.8, 4) is 0 Å². The van der Waals surface area contributed by atoms with Crippen LogP contribution in [0.15, 0.2) is 17.0 Å². The first-order valence-electron chi connectivity index (χ1n) is 4.56. The van der Waals surface area contributed by atoms with Gasteiger partial charge in [0.2, 0.25) is 5.82 Å². The highest BCUT2D eigenvalue weighted by atomic mass is 16.6. The van der Waals surface area contributed by atoms with Gasteiger partial charge in [-0.1, -0.05) is 5.16 Å². The fourth-order valence-electron chi connectivity index (χ4n) is 1.09. The molecular formula is C9H9N5O2. The van der Waals surface area contributed by atoms with Gasteiger partial charge in [0.15, 0.2) is 0 Å². The first-order valence-corrected chi connectivity index (χ1v) is 4.56. The molecule has 0 saturated heterocycles. The number of hydrogen-bond acceptors (Lipinski definition) is 6. The average Bonchev–Trinajstić information content (AvgIpc) is 2.64. The molecule has 0 bridgehead atoms. The molecule has 0 aromatic carbocycles. The van der Waals surface area contributed by atoms with Crippen molar-refractivity contribution in [3.05, 3.63) is 29.5 Å². The molecule has 7 heteroatoms. The summed E-state index contributed by atoms with van der Waals surface area (Å²) in [6.45, 7) is 3.43. The van der Waals surface area contributed by atoms with Crippen molar-refractivity contribution in [1.82, 2.24) is 20.3 Å². The molecule has 0 unspecified atom stereocenters. The van der Waals surface area contributed by atoms with Gasteiger partial charge in [-0.25, -0.2) is 9.61 Å². The summed E-state index contributed by atoms with van der Waals surface area (Å²) in [5.41, 5.74) is 1.40. The van der Waals surface area contributed by atoms with Crippen LogP contribution >= 0.6 is 0 Å². The lowest BCUT2D eigenvalue weighted by atomic mass is 10.4. The van der Waals surface area contributed by atoms with Gasteiger partial charge in [0.25, 0.3) is 5.91 Å². The maximum Gasteiger partial charge on any atom is 0.277 e. The molecule has 0 atom stereocenters. The summed E-state index contributed by atoms with van der Waals surface area (Å²) in [5, 5.41) is 9.61. The van der Waals surface area contributed by atoms with Crippen LogP contribution in [-0.4, -0.2) is 26.2 Å². The van der Waals surface area contributed by atoms with Gasteiger partial charge in [0.05, 0.1) is 11.9 Å². The van der Waals surface area contributed by atoms with Crippen LogP contribution in [0.2, 0.25) is 0 Å². The zero-order valence-electron chi connectivity index (χ0n) is 8.76. The number of rotatable bonds is 2. The highest BCUT2D eigenvalue weighted by molar-refractivity contribution is 6.02. The Balaban J connectivity index is 2.18. The molecule has 2 heterocycles. The van der Waals surface area contributed by atoms with Gasteiger partial charge in [-0.05, 0) is 19.0 Å². The van der Waals surface area contributed by atoms with Crippen molar-refractivity contribution in [3.63, 3.8) is 0 Å². The lowest BCUT2D eigenvalue weighted by Gasteiger charge is -2.00. The van der Waals surface area contributed by atoms with Crippen molar-refractivity contribution in [1.29, 1.82) is 0 Å². The fraction of sp³-hybridized carbons (Fsp3) is 0.222. The van der Waals surface area contributed by atoms with E-state index in [1.807, 2.05) is 0 Å². The van der Waals surface area contributed by atoms with Gasteiger partial charge in [-0.2, -0.15) is 0 Å². The molecule has 0 saturated carbocycles. The molecule has 1 amide bonds. The molecule has 0 aliphatic heterocycles. The third kappa shape index (κ3) is 2.02. The number of anilines is 1. The molecule has 2 aromatic rings. The molecule has 82 valence electrons. The molecule has 2 rings (SSSR count). The quantitative estimate of drug-likeness (QED) is 0.800. The second kappa shape index (κ2) is 4.05. The van der Waals surface area contributed by atoms with Crippen molar-refractivity contribution < 1.29 is 9.42 Å². The Hall–Kier alpha value is -2.31. The average molecular weight is 219 g/mol. The predicted octanol–water partition coefficient (Wildman–Crippen LogP) is 0.729. The number of aryl methyl sites for hydroxylation is 2. The number of hydrogen-bond donors (Lipinski definition) is 1. The maximum atomic E-state index is 11.7. The number of aromatic nitrogens is 4. The van der Waals surface area contributed by atoms with Crippen LogP contribution in [0.25, 0.3) is 0 Å². The normalized spacial score (nSPS) is 10.1. The second-order valence-corrected chi connectivity index (χ2v) is 3.20. The van der Waals surface area contributed by atoms with Crippen molar-refractivity contribution >= 4 is 11.7 Å². The summed E-state index contributed by atoms with van der Waals surface area (Å²) in [6, 6.07) is 0. The summed E-state index contributed by atoms with van der Waals surface area (Å²) in [5.74, 6) is -0.108. The lowest BCUT2D eigenvalue weighted by molar-refractivity contribution is 0.102. The van der Waals surface area contributed by atoms with Gasteiger partial charge in [0.1, 0.15) is 11.4 Å². The molecule has 16 heavy (non-hydrogen) atoms. The van der Waals surface area contributed by atoms with E-state index in [4.69, 9.17) is 0 Å². The monoisotopic (exact) mass is 219 g/mol. The standard InChI is InChI=1S/C9H9N5O2/c1-5-3-10-4-7(11-5)9(15)12-8-6(2)13-16-14-8/h3-4H,1-2H3,(H,12,14,15). The summed E-state index contributed by atoms with van der Waals surface area (Å²) >= 11 is 0. The van der Waals surface area contributed by atoms with Crippen molar-refractivity contribution in [2.45, 2.75) is 13.8 Å². The van der Waals surface area contributed by atoms with Gasteiger partial charge < -0.3 is 5.32 Å². The minimum Gasteiger partial charge on any atom is -0.301 e. The molecule has 7 nitrogen and oxygen atoms in total. The Morgan fingerprint density at radius 2 is 2.12 bits per heavy atom. The summed E-state index contributed by atoms with van der Waals surface area (Å²) in [6.07, 6.45) is 2.95. The topological polar surface area (TPSA) is 93.8 Å². The Labute approximate surface area is 90.9 Å². The zero-order valence-corrected chi connectivity index (χ0v) is 8.76. The van der Waals surface area contributed by atoms with Crippen LogP contribution in [-0.2, 0) is 0 Å². The smallest absolute Gasteiger partial charge is 0.277 e. The Bertz CT molecular complexity index is 522. The van der Waals surface area contributed by atoms with Gasteiger partial charge in [-0.15, -0.1) is 0 Å². The molecule has 0 radical (unpaired) electrons. The lowest BCUT2D eigenvalue weighted by Crippen LogP contribution is -2.15. The van der Waals surface area contributed by atoms with E-state index in [0.717, 1.165) is 0 Å². The third-order valence-electron chi connectivity index (χ3n) is 1.87. The Kier molecular flexibility index (Phi) is 2.59. The van der Waals surface area contributed by atoms with E-state index in [1.54, 1.807) is 20.0 Å². The molecule has 0 spiro atoms. The minimum atomic E-state index is -0.394. The van der Waals surface area contributed by atoms with Crippen LogP contribution < -0.4 is 5.32 Å². The van der Waals surface area contributed by atoms with E-state index in [2.05, 4.69) is 30.2 Å². The minimum absolute atomic E-state index is 0.224. The Morgan fingerprint density at radius 3 is 2.75 bits per heavy atom. The van der Waals surface area contributed by atoms with Crippen LogP contribution in [0, 0.1) is 13.8 Å². The zero-order chi connectivity index (χ0) is 11.5. The molecular weight excluding hydrogens is 210 g/mol. The maximum absolute atomic E-state index is 11.7. The number of nitrogens with zero attached hydrogens (tertiary/aromatic N) is 4. The third-order valence-corrected chi connectivity index (χ3v) is 1.87. The van der Waals surface area contributed by atoms with Gasteiger partial charge in [-0.3, -0.25) is 9.78 Å². The van der Waals surface area contributed by atoms with Crippen LogP contribution in [0.5, 0.6) is 0 Å². The molecule has 0 aliphatic carbocycles. The SMILES string of the molecule is Cc1cncc(C(=O)Nc2nonc2C)n1. The van der Waals surface area contributed by atoms with Gasteiger partial charge in [0, 0.05) is 6.20 Å². The molecule has 2 aromatic heterocycles. The van der Waals surface area contributed by atoms with Crippen LogP contribution in [0.1, 0.15) is 21.9 Å². The molecule has 1 N–H and O–H groups in total. The number of carbonyl (C=O) groups excluding carboxylic acids is 1. The number of carbonyl (C=O) groups is 1. The first-order chi connectivity index (χ1) is 7.66. The molecule has 0 fully saturated rings. The highest BCUT2D eigenvalue weighted by Gasteiger charge is 2.12. The van der Waals surface area contributed by atoms with E-state index >= 15 is 0 Å². The van der Waals surface area contributed by atoms with Crippen LogP contribution in [0.3, 0.4) is 0 Å². The van der Waals surface area contributed by atoms with E-state index in [-0.39, 0.29) is 11.5 Å². The predicted molar refractivity (Wildman–Crippen MR) is 53.8 cm³/mol. The fourth-order valence-corrected chi connectivity index (χ4v) is 1.09. The van der Waals surface area contributed by atoms with E-state index < -0.39 is 5.91 Å². The first kappa shape index (κ1) is 10.2. The largest absolute Gasteiger partial charge is 0.301 e. The van der Waals surface area contributed by atoms with E-state index in [1.165, 1.54) is 6.20 Å². The van der Waals surface area contributed by atoms with Crippen LogP contribution in [0.4, 0.5) is 5.82 Å². The number of amides is 1. The van der Waals surface area contributed by atoms with Crippen molar-refractivity contribution in [2.24, 2.45) is 0 Å². The van der Waals surface area contributed by atoms with Crippen molar-refractivity contribution in [2.75, 3.05) is 5.32 Å². The highest BCUT2D eigenvalue weighted by Crippen LogP contribution is 2.08. The summed E-state index contributed by atoms with van der Waals surface area (Å²) < 4.78 is 4.46. The number of nitrogens with one attached hydrogen (secondary N) is 1. The summed E-state index contributed by atoms with van der Waals surface area (Å²) in [7, 11) is 0. The van der Waals surface area contributed by atoms with E-state index in [0.29, 0.717) is 11.4 Å². The Morgan fingerprint density at radius 1 is 1.31 bits per heavy atom. The molecule has 0 aliphatic rings. The van der Waals surface area contributed by atoms with Gasteiger partial charge >= 0.3 is 0 Å². The van der Waals surface area contributed by atoms with E-state index in [9.17, 15) is 4.79 Å². The second-order valence-electron chi connectivity index (χ2n) is 3.20. The summed E-state index contributed by atoms with van der Waals surface area (Å²) in [4.78, 5) is 19.6.